The quantitative estimate of drug-likeness (QED) is 0.883. The van der Waals surface area contributed by atoms with Crippen LogP contribution in [0.5, 0.6) is 0 Å². The Morgan fingerprint density at radius 3 is 2.47 bits per heavy atom. The summed E-state index contributed by atoms with van der Waals surface area (Å²) in [5.41, 5.74) is 2.41. The van der Waals surface area contributed by atoms with Crippen LogP contribution in [0.25, 0.3) is 0 Å². The fraction of sp³-hybridized carbons (Fsp3) is 0.533. The number of anilines is 1. The predicted molar refractivity (Wildman–Crippen MR) is 76.4 cm³/mol. The van der Waals surface area contributed by atoms with E-state index in [2.05, 4.69) is 36.5 Å². The third-order valence-electron chi connectivity index (χ3n) is 4.40. The summed E-state index contributed by atoms with van der Waals surface area (Å²) in [6.07, 6.45) is 2.41. The van der Waals surface area contributed by atoms with Gasteiger partial charge in [0.2, 0.25) is 0 Å². The molecule has 0 aliphatic carbocycles. The lowest BCUT2D eigenvalue weighted by Gasteiger charge is -2.26. The monoisotopic (exact) mass is 259 g/mol. The molecule has 4 nitrogen and oxygen atoms in total. The molecule has 1 N–H and O–H groups in total. The molecule has 0 aromatic heterocycles. The SMILES string of the molecule is CN1CCN(c2ccc(C3(C)CCCN3)cc2)C1=O. The first-order valence-corrected chi connectivity index (χ1v) is 6.98. The number of amides is 2. The topological polar surface area (TPSA) is 35.6 Å². The summed E-state index contributed by atoms with van der Waals surface area (Å²) in [5, 5.41) is 3.57. The van der Waals surface area contributed by atoms with Crippen molar-refractivity contribution in [1.82, 2.24) is 10.2 Å². The molecule has 1 atom stereocenters. The van der Waals surface area contributed by atoms with Crippen LogP contribution in [0.1, 0.15) is 25.3 Å². The van der Waals surface area contributed by atoms with E-state index in [1.54, 1.807) is 4.90 Å². The molecular weight excluding hydrogens is 238 g/mol. The number of hydrogen-bond donors (Lipinski definition) is 1. The van der Waals surface area contributed by atoms with Gasteiger partial charge in [-0.2, -0.15) is 0 Å². The van der Waals surface area contributed by atoms with Crippen LogP contribution < -0.4 is 10.2 Å². The number of benzene rings is 1. The first-order chi connectivity index (χ1) is 9.10. The van der Waals surface area contributed by atoms with Gasteiger partial charge in [-0.25, -0.2) is 4.79 Å². The Kier molecular flexibility index (Phi) is 2.97. The highest BCUT2D eigenvalue weighted by molar-refractivity contribution is 5.93. The van der Waals surface area contributed by atoms with Gasteiger partial charge in [0.25, 0.3) is 0 Å². The van der Waals surface area contributed by atoms with E-state index in [1.807, 2.05) is 11.9 Å². The molecule has 0 radical (unpaired) electrons. The Morgan fingerprint density at radius 2 is 1.95 bits per heavy atom. The van der Waals surface area contributed by atoms with Crippen LogP contribution in [-0.2, 0) is 5.54 Å². The standard InChI is InChI=1S/C15H21N3O/c1-15(8-3-9-16-15)12-4-6-13(7-5-12)18-11-10-17(2)14(18)19/h4-7,16H,3,8-11H2,1-2H3. The maximum absolute atomic E-state index is 11.9. The summed E-state index contributed by atoms with van der Waals surface area (Å²) in [6, 6.07) is 8.53. The molecular formula is C15H21N3O. The van der Waals surface area contributed by atoms with Crippen molar-refractivity contribution in [3.8, 4) is 0 Å². The Hall–Kier alpha value is -1.55. The Labute approximate surface area is 114 Å². The summed E-state index contributed by atoms with van der Waals surface area (Å²) in [6.45, 7) is 4.93. The van der Waals surface area contributed by atoms with E-state index >= 15 is 0 Å². The number of nitrogens with one attached hydrogen (secondary N) is 1. The molecule has 2 amide bonds. The average molecular weight is 259 g/mol. The van der Waals surface area contributed by atoms with E-state index in [-0.39, 0.29) is 11.6 Å². The molecule has 3 rings (SSSR count). The number of hydrogen-bond acceptors (Lipinski definition) is 2. The highest BCUT2D eigenvalue weighted by atomic mass is 16.2. The maximum atomic E-state index is 11.9. The molecule has 2 aliphatic rings. The van der Waals surface area contributed by atoms with Crippen LogP contribution >= 0.6 is 0 Å². The lowest BCUT2D eigenvalue weighted by atomic mass is 9.90. The van der Waals surface area contributed by atoms with E-state index in [9.17, 15) is 4.79 Å². The van der Waals surface area contributed by atoms with Gasteiger partial charge in [0.05, 0.1) is 0 Å². The van der Waals surface area contributed by atoms with E-state index in [4.69, 9.17) is 0 Å². The zero-order chi connectivity index (χ0) is 13.5. The van der Waals surface area contributed by atoms with Crippen molar-refractivity contribution in [2.24, 2.45) is 0 Å². The number of nitrogens with zero attached hydrogens (tertiary/aromatic N) is 2. The molecule has 102 valence electrons. The lowest BCUT2D eigenvalue weighted by Crippen LogP contribution is -2.33. The van der Waals surface area contributed by atoms with Crippen LogP contribution in [0, 0.1) is 0 Å². The fourth-order valence-electron chi connectivity index (χ4n) is 3.04. The average Bonchev–Trinajstić information content (AvgIpc) is 2.99. The highest BCUT2D eigenvalue weighted by Crippen LogP contribution is 2.31. The molecule has 0 saturated carbocycles. The zero-order valence-electron chi connectivity index (χ0n) is 11.6. The van der Waals surface area contributed by atoms with Crippen molar-refractivity contribution in [2.45, 2.75) is 25.3 Å². The number of carbonyl (C=O) groups excluding carboxylic acids is 1. The summed E-state index contributed by atoms with van der Waals surface area (Å²) in [5.74, 6) is 0. The molecule has 1 aromatic rings. The van der Waals surface area contributed by atoms with Gasteiger partial charge in [-0.15, -0.1) is 0 Å². The van der Waals surface area contributed by atoms with Crippen molar-refractivity contribution in [2.75, 3.05) is 31.6 Å². The minimum Gasteiger partial charge on any atom is -0.326 e. The van der Waals surface area contributed by atoms with Gasteiger partial charge in [0.15, 0.2) is 0 Å². The van der Waals surface area contributed by atoms with Crippen LogP contribution in [0.15, 0.2) is 24.3 Å². The summed E-state index contributed by atoms with van der Waals surface area (Å²) >= 11 is 0. The molecule has 2 saturated heterocycles. The van der Waals surface area contributed by atoms with Gasteiger partial charge >= 0.3 is 6.03 Å². The van der Waals surface area contributed by atoms with E-state index in [0.29, 0.717) is 0 Å². The molecule has 2 heterocycles. The van der Waals surface area contributed by atoms with Crippen LogP contribution in [0.2, 0.25) is 0 Å². The Morgan fingerprint density at radius 1 is 1.21 bits per heavy atom. The molecule has 1 aromatic carbocycles. The van der Waals surface area contributed by atoms with Crippen LogP contribution in [0.4, 0.5) is 10.5 Å². The highest BCUT2D eigenvalue weighted by Gasteiger charge is 2.31. The van der Waals surface area contributed by atoms with Gasteiger partial charge in [-0.05, 0) is 44.0 Å². The van der Waals surface area contributed by atoms with Crippen molar-refractivity contribution in [3.63, 3.8) is 0 Å². The molecule has 0 spiro atoms. The first-order valence-electron chi connectivity index (χ1n) is 6.98. The molecule has 2 fully saturated rings. The van der Waals surface area contributed by atoms with Gasteiger partial charge < -0.3 is 10.2 Å². The third-order valence-corrected chi connectivity index (χ3v) is 4.40. The van der Waals surface area contributed by atoms with Gasteiger partial charge in [0, 0.05) is 31.4 Å². The van der Waals surface area contributed by atoms with Crippen LogP contribution in [-0.4, -0.2) is 37.6 Å². The smallest absolute Gasteiger partial charge is 0.324 e. The largest absolute Gasteiger partial charge is 0.326 e. The summed E-state index contributed by atoms with van der Waals surface area (Å²) in [4.78, 5) is 15.5. The number of carbonyl (C=O) groups is 1. The van der Waals surface area contributed by atoms with Crippen molar-refractivity contribution in [3.05, 3.63) is 29.8 Å². The maximum Gasteiger partial charge on any atom is 0.324 e. The first kappa shape index (κ1) is 12.5. The van der Waals surface area contributed by atoms with Crippen molar-refractivity contribution < 1.29 is 4.79 Å². The molecule has 19 heavy (non-hydrogen) atoms. The summed E-state index contributed by atoms with van der Waals surface area (Å²) in [7, 11) is 1.85. The second kappa shape index (κ2) is 4.53. The van der Waals surface area contributed by atoms with E-state index in [0.717, 1.165) is 25.3 Å². The molecule has 1 unspecified atom stereocenters. The van der Waals surface area contributed by atoms with E-state index < -0.39 is 0 Å². The second-order valence-electron chi connectivity index (χ2n) is 5.77. The third kappa shape index (κ3) is 2.10. The second-order valence-corrected chi connectivity index (χ2v) is 5.77. The summed E-state index contributed by atoms with van der Waals surface area (Å²) < 4.78 is 0. The lowest BCUT2D eigenvalue weighted by molar-refractivity contribution is 0.229. The molecule has 0 bridgehead atoms. The van der Waals surface area contributed by atoms with Crippen LogP contribution in [0.3, 0.4) is 0 Å². The normalized spacial score (nSPS) is 27.4. The van der Waals surface area contributed by atoms with Gasteiger partial charge in [-0.1, -0.05) is 12.1 Å². The predicted octanol–water partition coefficient (Wildman–Crippen LogP) is 2.16. The van der Waals surface area contributed by atoms with Gasteiger partial charge in [-0.3, -0.25) is 4.90 Å². The number of urea groups is 1. The molecule has 4 heteroatoms. The fourth-order valence-corrected chi connectivity index (χ4v) is 3.04. The Bertz CT molecular complexity index is 477. The minimum atomic E-state index is 0.0953. The number of rotatable bonds is 2. The van der Waals surface area contributed by atoms with Gasteiger partial charge in [0.1, 0.15) is 0 Å². The zero-order valence-corrected chi connectivity index (χ0v) is 11.6. The van der Waals surface area contributed by atoms with Crippen molar-refractivity contribution >= 4 is 11.7 Å². The number of likely N-dealkylation sites (N-methyl/N-ethyl adjacent to an activating group) is 1. The molecule has 2 aliphatic heterocycles. The van der Waals surface area contributed by atoms with Crippen molar-refractivity contribution in [1.29, 1.82) is 0 Å². The van der Waals surface area contributed by atoms with E-state index in [1.165, 1.54) is 18.4 Å². The Balaban J connectivity index is 1.81. The minimum absolute atomic E-state index is 0.0953.